The zero-order chi connectivity index (χ0) is 22.6. The highest BCUT2D eigenvalue weighted by Crippen LogP contribution is 2.28. The lowest BCUT2D eigenvalue weighted by molar-refractivity contribution is -0.140. The van der Waals surface area contributed by atoms with Crippen LogP contribution in [0.5, 0.6) is 0 Å². The molecule has 3 rings (SSSR count). The minimum Gasteiger partial charge on any atom is -0.480 e. The molecule has 3 aromatic rings. The Balaban J connectivity index is 1.88. The van der Waals surface area contributed by atoms with E-state index in [1.165, 1.54) is 17.6 Å². The first-order chi connectivity index (χ1) is 14.6. The van der Waals surface area contributed by atoms with Gasteiger partial charge in [-0.1, -0.05) is 50.2 Å². The zero-order valence-electron chi connectivity index (χ0n) is 17.6. The van der Waals surface area contributed by atoms with Crippen molar-refractivity contribution in [2.24, 2.45) is 5.92 Å². The highest BCUT2D eigenvalue weighted by atomic mass is 32.2. The van der Waals surface area contributed by atoms with Gasteiger partial charge in [-0.2, -0.15) is 0 Å². The molecule has 2 aromatic carbocycles. The second-order valence-corrected chi connectivity index (χ2v) is 10.9. The van der Waals surface area contributed by atoms with E-state index in [1.54, 1.807) is 30.5 Å². The van der Waals surface area contributed by atoms with E-state index in [1.807, 2.05) is 43.5 Å². The highest BCUT2D eigenvalue weighted by molar-refractivity contribution is 7.90. The van der Waals surface area contributed by atoms with Crippen LogP contribution in [0.2, 0.25) is 0 Å². The molecule has 1 heterocycles. The summed E-state index contributed by atoms with van der Waals surface area (Å²) in [6, 6.07) is 13.6. The van der Waals surface area contributed by atoms with Crippen molar-refractivity contribution < 1.29 is 18.3 Å². The zero-order valence-corrected chi connectivity index (χ0v) is 19.3. The van der Waals surface area contributed by atoms with Gasteiger partial charge in [0.2, 0.25) is 0 Å². The minimum absolute atomic E-state index is 0.239. The number of aliphatic carboxylic acids is 1. The van der Waals surface area contributed by atoms with Crippen molar-refractivity contribution in [3.63, 3.8) is 0 Å². The van der Waals surface area contributed by atoms with Crippen molar-refractivity contribution in [2.75, 3.05) is 6.26 Å². The largest absolute Gasteiger partial charge is 0.480 e. The smallest absolute Gasteiger partial charge is 0.320 e. The van der Waals surface area contributed by atoms with E-state index in [4.69, 9.17) is 0 Å². The van der Waals surface area contributed by atoms with Crippen LogP contribution in [-0.2, 0) is 14.6 Å². The van der Waals surface area contributed by atoms with Gasteiger partial charge in [-0.15, -0.1) is 11.3 Å². The van der Waals surface area contributed by atoms with Crippen LogP contribution in [0.15, 0.2) is 65.0 Å². The molecule has 2 N–H and O–H groups in total. The van der Waals surface area contributed by atoms with Crippen molar-refractivity contribution >= 4 is 27.1 Å². The van der Waals surface area contributed by atoms with E-state index in [0.717, 1.165) is 21.7 Å². The van der Waals surface area contributed by atoms with E-state index in [-0.39, 0.29) is 16.9 Å². The maximum Gasteiger partial charge on any atom is 0.320 e. The summed E-state index contributed by atoms with van der Waals surface area (Å²) in [6.07, 6.45) is 3.42. The average Bonchev–Trinajstić information content (AvgIpc) is 3.25. The number of aromatic nitrogens is 1. The molecule has 1 aromatic heterocycles. The Hall–Kier alpha value is -2.55. The molecule has 0 unspecified atom stereocenters. The van der Waals surface area contributed by atoms with E-state index in [2.05, 4.69) is 10.3 Å². The van der Waals surface area contributed by atoms with E-state index < -0.39 is 21.8 Å². The Morgan fingerprint density at radius 2 is 1.65 bits per heavy atom. The molecular formula is C23H26N2O4S2. The second kappa shape index (κ2) is 9.72. The van der Waals surface area contributed by atoms with Crippen molar-refractivity contribution in [2.45, 2.75) is 37.2 Å². The summed E-state index contributed by atoms with van der Waals surface area (Å²) in [5.74, 6) is -0.638. The van der Waals surface area contributed by atoms with Crippen LogP contribution in [0, 0.1) is 5.92 Å². The third-order valence-corrected chi connectivity index (χ3v) is 6.90. The van der Waals surface area contributed by atoms with Gasteiger partial charge in [0.25, 0.3) is 0 Å². The maximum atomic E-state index is 11.8. The summed E-state index contributed by atoms with van der Waals surface area (Å²) in [5, 5.41) is 15.6. The summed E-state index contributed by atoms with van der Waals surface area (Å²) in [5.41, 5.74) is 2.76. The summed E-state index contributed by atoms with van der Waals surface area (Å²) in [4.78, 5) is 16.5. The van der Waals surface area contributed by atoms with Gasteiger partial charge in [0.1, 0.15) is 11.0 Å². The predicted molar refractivity (Wildman–Crippen MR) is 123 cm³/mol. The van der Waals surface area contributed by atoms with Gasteiger partial charge < -0.3 is 5.11 Å². The quantitative estimate of drug-likeness (QED) is 0.494. The number of nitrogens with one attached hydrogen (secondary N) is 1. The molecule has 31 heavy (non-hydrogen) atoms. The van der Waals surface area contributed by atoms with Gasteiger partial charge in [-0.05, 0) is 41.2 Å². The molecule has 0 amide bonds. The predicted octanol–water partition coefficient (Wildman–Crippen LogP) is 4.39. The first-order valence-corrected chi connectivity index (χ1v) is 12.7. The van der Waals surface area contributed by atoms with Crippen LogP contribution < -0.4 is 5.32 Å². The summed E-state index contributed by atoms with van der Waals surface area (Å²) in [6.45, 7) is 4.00. The SMILES string of the molecule is CC(C)C[C@H](N[C@@H](c1ccc(-c2ccc(S(C)(=O)=O)cc2)cc1)c1nccs1)C(=O)O. The normalized spacial score (nSPS) is 13.8. The molecule has 0 saturated carbocycles. The van der Waals surface area contributed by atoms with Crippen molar-refractivity contribution in [3.8, 4) is 11.1 Å². The molecule has 0 aliphatic rings. The molecule has 6 nitrogen and oxygen atoms in total. The van der Waals surface area contributed by atoms with E-state index >= 15 is 0 Å². The lowest BCUT2D eigenvalue weighted by atomic mass is 9.98. The third-order valence-electron chi connectivity index (χ3n) is 4.93. The monoisotopic (exact) mass is 458 g/mol. The summed E-state index contributed by atoms with van der Waals surface area (Å²) >= 11 is 1.48. The van der Waals surface area contributed by atoms with Crippen LogP contribution in [0.4, 0.5) is 0 Å². The van der Waals surface area contributed by atoms with Gasteiger partial charge in [0.15, 0.2) is 9.84 Å². The van der Waals surface area contributed by atoms with Crippen LogP contribution in [0.25, 0.3) is 11.1 Å². The Labute approximate surface area is 186 Å². The molecular weight excluding hydrogens is 432 g/mol. The number of carbonyl (C=O) groups is 1. The van der Waals surface area contributed by atoms with Crippen LogP contribution in [-0.4, -0.2) is 36.8 Å². The molecule has 0 bridgehead atoms. The number of rotatable bonds is 9. The third kappa shape index (κ3) is 6.00. The molecule has 0 fully saturated rings. The van der Waals surface area contributed by atoms with Gasteiger partial charge in [0.05, 0.1) is 10.9 Å². The second-order valence-electron chi connectivity index (χ2n) is 7.91. The molecule has 0 saturated heterocycles. The van der Waals surface area contributed by atoms with Crippen LogP contribution in [0.3, 0.4) is 0 Å². The number of thiazole rings is 1. The van der Waals surface area contributed by atoms with Crippen LogP contribution in [0.1, 0.15) is 36.9 Å². The van der Waals surface area contributed by atoms with E-state index in [0.29, 0.717) is 6.42 Å². The molecule has 164 valence electrons. The number of sulfone groups is 1. The van der Waals surface area contributed by atoms with Gasteiger partial charge in [-0.3, -0.25) is 10.1 Å². The first kappa shape index (κ1) is 23.1. The Bertz CT molecular complexity index is 1110. The van der Waals surface area contributed by atoms with Gasteiger partial charge in [0, 0.05) is 17.8 Å². The minimum atomic E-state index is -3.23. The topological polar surface area (TPSA) is 96.4 Å². The number of nitrogens with zero attached hydrogens (tertiary/aromatic N) is 1. The van der Waals surface area contributed by atoms with Gasteiger partial charge in [-0.25, -0.2) is 13.4 Å². The fourth-order valence-electron chi connectivity index (χ4n) is 3.36. The standard InChI is InChI=1S/C23H26N2O4S2/c1-15(2)14-20(23(26)27)25-21(22-24-12-13-30-22)18-6-4-16(5-7-18)17-8-10-19(11-9-17)31(3,28)29/h4-13,15,20-21,25H,14H2,1-3H3,(H,26,27)/t20-,21-/m0/s1. The molecule has 0 spiro atoms. The molecule has 0 aliphatic carbocycles. The Morgan fingerprint density at radius 1 is 1.06 bits per heavy atom. The van der Waals surface area contributed by atoms with Crippen molar-refractivity contribution in [3.05, 3.63) is 70.7 Å². The summed E-state index contributed by atoms with van der Waals surface area (Å²) < 4.78 is 23.3. The van der Waals surface area contributed by atoms with E-state index in [9.17, 15) is 18.3 Å². The molecule has 0 aliphatic heterocycles. The Morgan fingerprint density at radius 3 is 2.10 bits per heavy atom. The van der Waals surface area contributed by atoms with Crippen LogP contribution >= 0.6 is 11.3 Å². The fourth-order valence-corrected chi connectivity index (χ4v) is 4.72. The van der Waals surface area contributed by atoms with Crippen molar-refractivity contribution in [1.29, 1.82) is 0 Å². The fraction of sp³-hybridized carbons (Fsp3) is 0.304. The van der Waals surface area contributed by atoms with Gasteiger partial charge >= 0.3 is 5.97 Å². The summed E-state index contributed by atoms with van der Waals surface area (Å²) in [7, 11) is -3.23. The molecule has 8 heteroatoms. The van der Waals surface area contributed by atoms with Crippen molar-refractivity contribution in [1.82, 2.24) is 10.3 Å². The number of hydrogen-bond donors (Lipinski definition) is 2. The number of carboxylic acids is 1. The highest BCUT2D eigenvalue weighted by Gasteiger charge is 2.26. The number of benzene rings is 2. The lowest BCUT2D eigenvalue weighted by Crippen LogP contribution is -2.40. The molecule has 2 atom stereocenters. The Kier molecular flexibility index (Phi) is 7.25. The first-order valence-electron chi connectivity index (χ1n) is 9.94. The molecule has 0 radical (unpaired) electrons. The number of carboxylic acid groups (broad SMARTS) is 1. The lowest BCUT2D eigenvalue weighted by Gasteiger charge is -2.23. The number of hydrogen-bond acceptors (Lipinski definition) is 6. The average molecular weight is 459 g/mol. The maximum absolute atomic E-state index is 11.8.